The summed E-state index contributed by atoms with van der Waals surface area (Å²) in [5, 5.41) is 9.81. The predicted octanol–water partition coefficient (Wildman–Crippen LogP) is 0.769. The highest BCUT2D eigenvalue weighted by Gasteiger charge is 2.32. The van der Waals surface area contributed by atoms with Crippen LogP contribution in [0.1, 0.15) is 44.7 Å². The minimum absolute atomic E-state index is 0.0350. The van der Waals surface area contributed by atoms with Crippen LogP contribution >= 0.6 is 0 Å². The van der Waals surface area contributed by atoms with Gasteiger partial charge in [0.1, 0.15) is 0 Å². The fourth-order valence-electron chi connectivity index (χ4n) is 2.66. The van der Waals surface area contributed by atoms with E-state index in [-0.39, 0.29) is 12.1 Å². The zero-order valence-electron chi connectivity index (χ0n) is 12.7. The van der Waals surface area contributed by atoms with Gasteiger partial charge in [-0.2, -0.15) is 22.5 Å². The normalized spacial score (nSPS) is 22.3. The van der Waals surface area contributed by atoms with Crippen molar-refractivity contribution in [3.8, 4) is 0 Å². The lowest BCUT2D eigenvalue weighted by atomic mass is 10.1. The maximum Gasteiger partial charge on any atom is 0.280 e. The average Bonchev–Trinajstić information content (AvgIpc) is 2.99. The molecular weight excluding hydrogens is 290 g/mol. The van der Waals surface area contributed by atoms with Crippen molar-refractivity contribution in [2.45, 2.75) is 45.2 Å². The van der Waals surface area contributed by atoms with Crippen molar-refractivity contribution in [1.82, 2.24) is 24.5 Å². The van der Waals surface area contributed by atoms with Gasteiger partial charge < -0.3 is 5.32 Å². The van der Waals surface area contributed by atoms with Gasteiger partial charge in [-0.3, -0.25) is 5.10 Å². The van der Waals surface area contributed by atoms with Gasteiger partial charge in [-0.15, -0.1) is 0 Å². The van der Waals surface area contributed by atoms with Crippen molar-refractivity contribution in [3.05, 3.63) is 18.0 Å². The Labute approximate surface area is 126 Å². The average molecular weight is 315 g/mol. The van der Waals surface area contributed by atoms with E-state index in [1.807, 2.05) is 13.8 Å². The van der Waals surface area contributed by atoms with Gasteiger partial charge in [0, 0.05) is 36.9 Å². The highest BCUT2D eigenvalue weighted by molar-refractivity contribution is 7.87. The zero-order chi connectivity index (χ0) is 15.3. The molecule has 2 unspecified atom stereocenters. The minimum atomic E-state index is -3.49. The molecule has 0 saturated carbocycles. The fraction of sp³-hybridized carbons (Fsp3) is 0.769. The molecule has 8 heteroatoms. The molecule has 0 aliphatic carbocycles. The van der Waals surface area contributed by atoms with Gasteiger partial charge in [0.25, 0.3) is 10.2 Å². The third kappa shape index (κ3) is 4.26. The maximum atomic E-state index is 12.6. The third-order valence-corrected chi connectivity index (χ3v) is 5.61. The molecule has 0 amide bonds. The van der Waals surface area contributed by atoms with E-state index >= 15 is 0 Å². The van der Waals surface area contributed by atoms with Crippen molar-refractivity contribution < 1.29 is 8.42 Å². The van der Waals surface area contributed by atoms with Gasteiger partial charge in [-0.1, -0.05) is 13.3 Å². The molecule has 2 heterocycles. The lowest BCUT2D eigenvalue weighted by Gasteiger charge is -2.35. The van der Waals surface area contributed by atoms with Crippen LogP contribution < -0.4 is 10.0 Å². The second-order valence-electron chi connectivity index (χ2n) is 5.44. The fourth-order valence-corrected chi connectivity index (χ4v) is 4.32. The van der Waals surface area contributed by atoms with Crippen LogP contribution in [0.25, 0.3) is 0 Å². The molecule has 1 aliphatic heterocycles. The Balaban J connectivity index is 2.05. The van der Waals surface area contributed by atoms with Gasteiger partial charge in [-0.05, 0) is 26.3 Å². The van der Waals surface area contributed by atoms with Crippen molar-refractivity contribution >= 4 is 10.2 Å². The molecule has 120 valence electrons. The summed E-state index contributed by atoms with van der Waals surface area (Å²) >= 11 is 0. The predicted molar refractivity (Wildman–Crippen MR) is 81.9 cm³/mol. The number of aromatic nitrogens is 2. The summed E-state index contributed by atoms with van der Waals surface area (Å²) in [5.41, 5.74) is 0.832. The Morgan fingerprint density at radius 3 is 3.00 bits per heavy atom. The first kappa shape index (κ1) is 16.4. The van der Waals surface area contributed by atoms with E-state index in [2.05, 4.69) is 20.2 Å². The molecule has 0 bridgehead atoms. The lowest BCUT2D eigenvalue weighted by Crippen LogP contribution is -2.52. The highest BCUT2D eigenvalue weighted by atomic mass is 32.2. The van der Waals surface area contributed by atoms with Crippen LogP contribution in [-0.2, 0) is 10.2 Å². The Kier molecular flexibility index (Phi) is 5.74. The number of hydrogen-bond donors (Lipinski definition) is 3. The summed E-state index contributed by atoms with van der Waals surface area (Å²) in [4.78, 5) is 0. The molecule has 0 spiro atoms. The van der Waals surface area contributed by atoms with Crippen molar-refractivity contribution in [1.29, 1.82) is 0 Å². The summed E-state index contributed by atoms with van der Waals surface area (Å²) in [6, 6.07) is -0.261. The number of hydrogen-bond acceptors (Lipinski definition) is 4. The van der Waals surface area contributed by atoms with Crippen LogP contribution in [0.4, 0.5) is 0 Å². The van der Waals surface area contributed by atoms with Crippen molar-refractivity contribution in [2.24, 2.45) is 0 Å². The van der Waals surface area contributed by atoms with E-state index in [1.165, 1.54) is 0 Å². The standard InChI is InChI=1S/C13H25N5O2S/c1-3-14-10-13-6-4-5-7-18(13)21(19,20)17-11(2)12-8-15-16-9-12/h8-9,11,13-14,17H,3-7,10H2,1-2H3,(H,15,16). The van der Waals surface area contributed by atoms with Gasteiger partial charge in [0.05, 0.1) is 6.20 Å². The second-order valence-corrected chi connectivity index (χ2v) is 7.10. The molecular formula is C13H25N5O2S. The quantitative estimate of drug-likeness (QED) is 0.693. The van der Waals surface area contributed by atoms with Crippen LogP contribution in [-0.4, -0.2) is 48.6 Å². The molecule has 0 radical (unpaired) electrons. The Morgan fingerprint density at radius 1 is 1.52 bits per heavy atom. The molecule has 0 aromatic carbocycles. The van der Waals surface area contributed by atoms with Gasteiger partial charge in [0.2, 0.25) is 0 Å². The van der Waals surface area contributed by atoms with E-state index < -0.39 is 10.2 Å². The molecule has 3 N–H and O–H groups in total. The van der Waals surface area contributed by atoms with E-state index in [1.54, 1.807) is 16.7 Å². The first-order chi connectivity index (χ1) is 10.0. The molecule has 2 rings (SSSR count). The van der Waals surface area contributed by atoms with Gasteiger partial charge in [-0.25, -0.2) is 0 Å². The van der Waals surface area contributed by atoms with Crippen LogP contribution in [0.15, 0.2) is 12.4 Å². The van der Waals surface area contributed by atoms with E-state index in [4.69, 9.17) is 0 Å². The van der Waals surface area contributed by atoms with E-state index in [0.29, 0.717) is 13.1 Å². The summed E-state index contributed by atoms with van der Waals surface area (Å²) in [5.74, 6) is 0. The topological polar surface area (TPSA) is 90.1 Å². The molecule has 21 heavy (non-hydrogen) atoms. The largest absolute Gasteiger partial charge is 0.315 e. The number of rotatable bonds is 7. The molecule has 1 fully saturated rings. The lowest BCUT2D eigenvalue weighted by molar-refractivity contribution is 0.242. The van der Waals surface area contributed by atoms with Crippen molar-refractivity contribution in [2.75, 3.05) is 19.6 Å². The minimum Gasteiger partial charge on any atom is -0.315 e. The molecule has 1 aliphatic rings. The van der Waals surface area contributed by atoms with Gasteiger partial charge >= 0.3 is 0 Å². The summed E-state index contributed by atoms with van der Waals surface area (Å²) in [6.45, 7) is 6.00. The molecule has 1 aromatic heterocycles. The number of aromatic amines is 1. The van der Waals surface area contributed by atoms with Crippen molar-refractivity contribution in [3.63, 3.8) is 0 Å². The Morgan fingerprint density at radius 2 is 2.33 bits per heavy atom. The number of nitrogens with zero attached hydrogens (tertiary/aromatic N) is 2. The van der Waals surface area contributed by atoms with E-state index in [9.17, 15) is 8.42 Å². The highest BCUT2D eigenvalue weighted by Crippen LogP contribution is 2.21. The summed E-state index contributed by atoms with van der Waals surface area (Å²) < 4.78 is 29.6. The van der Waals surface area contributed by atoms with Crippen LogP contribution in [0, 0.1) is 0 Å². The van der Waals surface area contributed by atoms with Crippen LogP contribution in [0.3, 0.4) is 0 Å². The number of likely N-dealkylation sites (N-methyl/N-ethyl adjacent to an activating group) is 1. The Hall–Kier alpha value is -0.960. The Bertz CT molecular complexity index is 517. The number of nitrogens with one attached hydrogen (secondary N) is 3. The maximum absolute atomic E-state index is 12.6. The molecule has 2 atom stereocenters. The van der Waals surface area contributed by atoms with Gasteiger partial charge in [0.15, 0.2) is 0 Å². The second kappa shape index (κ2) is 7.35. The monoisotopic (exact) mass is 315 g/mol. The smallest absolute Gasteiger partial charge is 0.280 e. The third-order valence-electron chi connectivity index (χ3n) is 3.86. The molecule has 7 nitrogen and oxygen atoms in total. The zero-order valence-corrected chi connectivity index (χ0v) is 13.5. The first-order valence-electron chi connectivity index (χ1n) is 7.53. The number of piperidine rings is 1. The van der Waals surface area contributed by atoms with Crippen LogP contribution in [0.2, 0.25) is 0 Å². The molecule has 1 aromatic rings. The summed E-state index contributed by atoms with van der Waals surface area (Å²) in [7, 11) is -3.49. The summed E-state index contributed by atoms with van der Waals surface area (Å²) in [6.07, 6.45) is 6.26. The number of H-pyrrole nitrogens is 1. The van der Waals surface area contributed by atoms with Crippen LogP contribution in [0.5, 0.6) is 0 Å². The molecule has 1 saturated heterocycles. The first-order valence-corrected chi connectivity index (χ1v) is 8.97. The SMILES string of the molecule is CCNCC1CCCCN1S(=O)(=O)NC(C)c1cn[nH]c1. The van der Waals surface area contributed by atoms with E-state index in [0.717, 1.165) is 31.4 Å².